The van der Waals surface area contributed by atoms with Gasteiger partial charge in [0.25, 0.3) is 0 Å². The van der Waals surface area contributed by atoms with Crippen molar-refractivity contribution >= 4 is 22.6 Å². The van der Waals surface area contributed by atoms with E-state index < -0.39 is 0 Å². The van der Waals surface area contributed by atoms with E-state index in [-0.39, 0.29) is 0 Å². The topological polar surface area (TPSA) is 21.8 Å². The zero-order valence-electron chi connectivity index (χ0n) is 9.72. The summed E-state index contributed by atoms with van der Waals surface area (Å²) in [6.45, 7) is 0.733. The quantitative estimate of drug-likeness (QED) is 0.475. The highest BCUT2D eigenvalue weighted by molar-refractivity contribution is 14.1. The fourth-order valence-corrected chi connectivity index (χ4v) is 3.52. The van der Waals surface area contributed by atoms with Gasteiger partial charge in [-0.05, 0) is 17.9 Å². The summed E-state index contributed by atoms with van der Waals surface area (Å²) in [5, 5.41) is 0. The summed E-state index contributed by atoms with van der Waals surface area (Å²) < 4.78 is 12.9. The number of alkyl halides is 1. The number of fused-ring (bicyclic) bond motifs is 1. The van der Waals surface area contributed by atoms with Gasteiger partial charge in [0.2, 0.25) is 0 Å². The summed E-state index contributed by atoms with van der Waals surface area (Å²) in [6.07, 6.45) is 3.67. The van der Waals surface area contributed by atoms with Gasteiger partial charge in [-0.3, -0.25) is 0 Å². The molecule has 92 valence electrons. The number of epoxide rings is 1. The van der Waals surface area contributed by atoms with Gasteiger partial charge in [0, 0.05) is 10.8 Å². The predicted octanol–water partition coefficient (Wildman–Crippen LogP) is 3.18. The highest BCUT2D eigenvalue weighted by Crippen LogP contribution is 2.42. The maximum absolute atomic E-state index is 6.01. The van der Waals surface area contributed by atoms with Crippen LogP contribution in [0.25, 0.3) is 0 Å². The van der Waals surface area contributed by atoms with Crippen molar-refractivity contribution in [3.63, 3.8) is 0 Å². The van der Waals surface area contributed by atoms with Crippen molar-refractivity contribution in [1.29, 1.82) is 0 Å². The van der Waals surface area contributed by atoms with Crippen LogP contribution in [0.2, 0.25) is 0 Å². The number of ether oxygens (including phenoxy) is 2. The molecule has 1 aliphatic heterocycles. The van der Waals surface area contributed by atoms with E-state index in [9.17, 15) is 0 Å². The van der Waals surface area contributed by atoms with Gasteiger partial charge in [-0.25, -0.2) is 0 Å². The first-order valence-corrected chi connectivity index (χ1v) is 7.76. The second-order valence-electron chi connectivity index (χ2n) is 4.94. The highest BCUT2D eigenvalue weighted by atomic mass is 127. The zero-order valence-corrected chi connectivity index (χ0v) is 11.9. The van der Waals surface area contributed by atoms with Crippen molar-refractivity contribution in [2.75, 3.05) is 4.43 Å². The lowest BCUT2D eigenvalue weighted by molar-refractivity contribution is 0.0125. The van der Waals surface area contributed by atoms with E-state index in [0.717, 1.165) is 19.4 Å². The third-order valence-electron chi connectivity index (χ3n) is 3.67. The van der Waals surface area contributed by atoms with Crippen LogP contribution >= 0.6 is 22.6 Å². The Labute approximate surface area is 116 Å². The van der Waals surface area contributed by atoms with Crippen LogP contribution in [0.3, 0.4) is 0 Å². The van der Waals surface area contributed by atoms with Crippen molar-refractivity contribution in [2.45, 2.75) is 37.8 Å². The summed E-state index contributed by atoms with van der Waals surface area (Å²) in [5.41, 5.74) is 1.26. The lowest BCUT2D eigenvalue weighted by atomic mass is 9.88. The smallest absolute Gasteiger partial charge is 0.0879 e. The van der Waals surface area contributed by atoms with Crippen molar-refractivity contribution < 1.29 is 9.47 Å². The maximum atomic E-state index is 6.01. The Bertz CT molecular complexity index is 368. The molecule has 0 spiro atoms. The summed E-state index contributed by atoms with van der Waals surface area (Å²) >= 11 is 2.46. The van der Waals surface area contributed by atoms with Gasteiger partial charge in [-0.1, -0.05) is 52.9 Å². The van der Waals surface area contributed by atoms with Crippen LogP contribution in [0.1, 0.15) is 18.4 Å². The number of halogens is 1. The minimum absolute atomic E-state index is 0.388. The Balaban J connectivity index is 1.52. The average Bonchev–Trinajstić information content (AvgIpc) is 3.16. The lowest BCUT2D eigenvalue weighted by Gasteiger charge is -2.25. The van der Waals surface area contributed by atoms with Gasteiger partial charge >= 0.3 is 0 Å². The molecule has 4 atom stereocenters. The van der Waals surface area contributed by atoms with Crippen LogP contribution in [0.15, 0.2) is 30.3 Å². The molecule has 0 bridgehead atoms. The molecule has 0 amide bonds. The van der Waals surface area contributed by atoms with Gasteiger partial charge in [0.1, 0.15) is 0 Å². The number of benzene rings is 1. The molecular formula is C14H17IO2. The molecule has 17 heavy (non-hydrogen) atoms. The van der Waals surface area contributed by atoms with Crippen molar-refractivity contribution in [2.24, 2.45) is 5.92 Å². The van der Waals surface area contributed by atoms with Crippen LogP contribution in [0.5, 0.6) is 0 Å². The molecule has 2 aliphatic rings. The van der Waals surface area contributed by atoms with Crippen LogP contribution in [0.4, 0.5) is 0 Å². The Morgan fingerprint density at radius 1 is 1.24 bits per heavy atom. The van der Waals surface area contributed by atoms with E-state index in [1.165, 1.54) is 9.99 Å². The third kappa shape index (κ3) is 2.83. The van der Waals surface area contributed by atoms with Gasteiger partial charge in [-0.15, -0.1) is 0 Å². The van der Waals surface area contributed by atoms with E-state index >= 15 is 0 Å². The molecule has 0 radical (unpaired) electrons. The van der Waals surface area contributed by atoms with Crippen molar-refractivity contribution in [1.82, 2.24) is 0 Å². The molecule has 1 aromatic rings. The minimum atomic E-state index is 0.388. The van der Waals surface area contributed by atoms with E-state index in [1.807, 2.05) is 6.07 Å². The molecule has 1 aliphatic carbocycles. The minimum Gasteiger partial charge on any atom is -0.373 e. The molecule has 1 saturated heterocycles. The molecule has 3 rings (SSSR count). The van der Waals surface area contributed by atoms with Gasteiger partial charge in [0.15, 0.2) is 0 Å². The van der Waals surface area contributed by atoms with E-state index in [1.54, 1.807) is 0 Å². The first kappa shape index (κ1) is 11.9. The highest BCUT2D eigenvalue weighted by Gasteiger charge is 2.50. The number of hydrogen-bond acceptors (Lipinski definition) is 2. The molecular weight excluding hydrogens is 327 g/mol. The standard InChI is InChI=1S/C14H17IO2/c15-8-11-6-12(7-13-14(11)17-13)16-9-10-4-2-1-3-5-10/h1-5,11-14H,6-9H2. The molecule has 1 saturated carbocycles. The summed E-state index contributed by atoms with van der Waals surface area (Å²) in [7, 11) is 0. The normalized spacial score (nSPS) is 35.4. The second-order valence-corrected chi connectivity index (χ2v) is 5.82. The monoisotopic (exact) mass is 344 g/mol. The molecule has 2 fully saturated rings. The number of rotatable bonds is 4. The van der Waals surface area contributed by atoms with Crippen LogP contribution in [-0.2, 0) is 16.1 Å². The summed E-state index contributed by atoms with van der Waals surface area (Å²) in [6, 6.07) is 10.4. The lowest BCUT2D eigenvalue weighted by Crippen LogP contribution is -2.29. The summed E-state index contributed by atoms with van der Waals surface area (Å²) in [4.78, 5) is 0. The average molecular weight is 344 g/mol. The Hall–Kier alpha value is -0.130. The first-order chi connectivity index (χ1) is 8.36. The van der Waals surface area contributed by atoms with Gasteiger partial charge < -0.3 is 9.47 Å². The largest absolute Gasteiger partial charge is 0.373 e. The predicted molar refractivity (Wildman–Crippen MR) is 75.3 cm³/mol. The fourth-order valence-electron chi connectivity index (χ4n) is 2.66. The van der Waals surface area contributed by atoms with Crippen molar-refractivity contribution in [3.05, 3.63) is 35.9 Å². The fraction of sp³-hybridized carbons (Fsp3) is 0.571. The van der Waals surface area contributed by atoms with Crippen LogP contribution in [-0.4, -0.2) is 22.7 Å². The molecule has 1 heterocycles. The Morgan fingerprint density at radius 2 is 2.06 bits per heavy atom. The SMILES string of the molecule is ICC1CC(OCc2ccccc2)CC2OC12. The van der Waals surface area contributed by atoms with E-state index in [0.29, 0.717) is 24.2 Å². The number of hydrogen-bond donors (Lipinski definition) is 0. The van der Waals surface area contributed by atoms with Gasteiger partial charge in [-0.2, -0.15) is 0 Å². The first-order valence-electron chi connectivity index (χ1n) is 6.24. The van der Waals surface area contributed by atoms with Crippen LogP contribution in [0, 0.1) is 5.92 Å². The van der Waals surface area contributed by atoms with Gasteiger partial charge in [0.05, 0.1) is 24.9 Å². The second kappa shape index (κ2) is 5.24. The van der Waals surface area contributed by atoms with E-state index in [2.05, 4.69) is 46.9 Å². The molecule has 2 nitrogen and oxygen atoms in total. The zero-order chi connectivity index (χ0) is 11.7. The van der Waals surface area contributed by atoms with Crippen molar-refractivity contribution in [3.8, 4) is 0 Å². The molecule has 3 heteroatoms. The van der Waals surface area contributed by atoms with E-state index in [4.69, 9.17) is 9.47 Å². The Kier molecular flexibility index (Phi) is 3.68. The summed E-state index contributed by atoms with van der Waals surface area (Å²) in [5.74, 6) is 0.704. The maximum Gasteiger partial charge on any atom is 0.0879 e. The molecule has 0 N–H and O–H groups in total. The Morgan fingerprint density at radius 3 is 2.82 bits per heavy atom. The third-order valence-corrected chi connectivity index (χ3v) is 4.81. The molecule has 0 aromatic heterocycles. The van der Waals surface area contributed by atoms with Crippen LogP contribution < -0.4 is 0 Å². The molecule has 4 unspecified atom stereocenters. The molecule has 1 aromatic carbocycles.